The highest BCUT2D eigenvalue weighted by molar-refractivity contribution is 7.58. The highest BCUT2D eigenvalue weighted by Gasteiger charge is 2.26. The third-order valence-electron chi connectivity index (χ3n) is 25.8. The van der Waals surface area contributed by atoms with Crippen LogP contribution in [0.2, 0.25) is 0 Å². The molecule has 2 saturated heterocycles. The van der Waals surface area contributed by atoms with Gasteiger partial charge in [0, 0.05) is 225 Å². The van der Waals surface area contributed by atoms with Crippen molar-refractivity contribution >= 4 is 149 Å². The molecule has 2 aliphatic heterocycles. The van der Waals surface area contributed by atoms with E-state index >= 15 is 0 Å². The number of hydrogen-bond donors (Lipinski definition) is 0. The lowest BCUT2D eigenvalue weighted by molar-refractivity contribution is 0.0499. The Kier molecular flexibility index (Phi) is 54.9. The molecule has 0 bridgehead atoms. The van der Waals surface area contributed by atoms with E-state index in [1.165, 1.54) is 147 Å². The molecule has 0 aromatic heterocycles. The Morgan fingerprint density at radius 1 is 0.247 bits per heavy atom. The van der Waals surface area contributed by atoms with Gasteiger partial charge in [0.25, 0.3) is 0 Å². The minimum atomic E-state index is -0.215. The second kappa shape index (κ2) is 66.8. The van der Waals surface area contributed by atoms with E-state index in [0.29, 0.717) is 60.2 Å². The van der Waals surface area contributed by atoms with Crippen molar-refractivity contribution in [1.82, 2.24) is 0 Å². The van der Waals surface area contributed by atoms with E-state index in [4.69, 9.17) is 71.1 Å². The minimum absolute atomic E-state index is 0.114. The van der Waals surface area contributed by atoms with Crippen LogP contribution in [0.3, 0.4) is 0 Å². The molecular formula is C122H167FN6O15P6. The maximum atomic E-state index is 14.0. The average molecular weight is 2160 g/mol. The zero-order valence-electron chi connectivity index (χ0n) is 93.9. The summed E-state index contributed by atoms with van der Waals surface area (Å²) < 4.78 is 95.7. The van der Waals surface area contributed by atoms with E-state index in [2.05, 4.69) is 299 Å². The third-order valence-corrected chi connectivity index (χ3v) is 34.7. The maximum Gasteiger partial charge on any atom is 0.188 e. The number of hydrogen-bond acceptors (Lipinski definition) is 21. The normalized spacial score (nSPS) is 12.4. The van der Waals surface area contributed by atoms with Crippen LogP contribution in [0.15, 0.2) is 212 Å². The molecule has 0 N–H and O–H groups in total. The number of benzene rings is 12. The van der Waals surface area contributed by atoms with Gasteiger partial charge in [-0.1, -0.05) is 166 Å². The van der Waals surface area contributed by atoms with Gasteiger partial charge in [0.05, 0.1) is 21.3 Å². The van der Waals surface area contributed by atoms with Crippen molar-refractivity contribution in [3.8, 4) is 51.7 Å². The summed E-state index contributed by atoms with van der Waals surface area (Å²) in [5.41, 5.74) is 19.1. The van der Waals surface area contributed by atoms with E-state index < -0.39 is 0 Å². The zero-order valence-corrected chi connectivity index (χ0v) is 99.9. The fourth-order valence-electron chi connectivity index (χ4n) is 18.0. The van der Waals surface area contributed by atoms with Crippen LogP contribution in [0.5, 0.6) is 51.7 Å². The number of nitrogens with zero attached hydrogens (tertiary/aromatic N) is 6. The molecule has 2 heterocycles. The van der Waals surface area contributed by atoms with Crippen LogP contribution in [-0.2, 0) is 28.4 Å². The molecule has 6 unspecified atom stereocenters. The molecule has 14 rings (SSSR count). The fourth-order valence-corrected chi connectivity index (χ4v) is 26.6. The van der Waals surface area contributed by atoms with Crippen molar-refractivity contribution in [1.29, 1.82) is 0 Å². The number of para-hydroxylation sites is 2. The van der Waals surface area contributed by atoms with Crippen LogP contribution >= 0.6 is 51.5 Å². The summed E-state index contributed by atoms with van der Waals surface area (Å²) in [4.78, 5) is 14.5. The fraction of sp³-hybridized carbons (Fsp3) is 0.410. The zero-order chi connectivity index (χ0) is 108. The Morgan fingerprint density at radius 3 is 1.04 bits per heavy atom. The molecule has 150 heavy (non-hydrogen) atoms. The van der Waals surface area contributed by atoms with Crippen LogP contribution < -0.4 is 136 Å². The Hall–Kier alpha value is -10.1. The summed E-state index contributed by atoms with van der Waals surface area (Å²) in [6.45, 7) is 50.8. The van der Waals surface area contributed by atoms with Gasteiger partial charge < -0.3 is 100 Å². The number of aryl methyl sites for hydroxylation is 9. The number of anilines is 6. The molecule has 0 amide bonds. The Bertz CT molecular complexity index is 6020. The van der Waals surface area contributed by atoms with E-state index in [-0.39, 0.29) is 55.2 Å². The third kappa shape index (κ3) is 36.8. The van der Waals surface area contributed by atoms with Crippen LogP contribution in [0.4, 0.5) is 38.5 Å². The first-order valence-electron chi connectivity index (χ1n) is 52.3. The van der Waals surface area contributed by atoms with Gasteiger partial charge in [-0.05, 0) is 298 Å². The Morgan fingerprint density at radius 2 is 0.587 bits per heavy atom. The maximum absolute atomic E-state index is 14.0. The van der Waals surface area contributed by atoms with Crippen LogP contribution in [-0.4, -0.2) is 183 Å². The number of halogens is 1. The monoisotopic (exact) mass is 2160 g/mol. The minimum Gasteiger partial charge on any atom is -0.497 e. The number of rotatable bonds is 47. The van der Waals surface area contributed by atoms with Crippen molar-refractivity contribution < 1.29 is 75.4 Å². The van der Waals surface area contributed by atoms with Crippen molar-refractivity contribution in [2.24, 2.45) is 0 Å². The molecule has 812 valence electrons. The molecule has 6 atom stereocenters. The Labute approximate surface area is 907 Å². The predicted molar refractivity (Wildman–Crippen MR) is 646 cm³/mol. The number of ether oxygens (including phenoxy) is 15. The van der Waals surface area contributed by atoms with Crippen LogP contribution in [0, 0.1) is 68.1 Å². The molecule has 21 nitrogen and oxygen atoms in total. The SMILES string of the molecule is CCN(CC)c1cccc(C)c1Pc1cc(C)cc(C)c1OCOC.CCN(CC)c1cccc(C)c1Pc1cc(C)ccc1OCOC.CCN(CC)c1cccc(C)c1Pc1cccc(C)c1OCOC.CCN(CC)c1cccc(C)c1Pc1ccccc1OCOC.COCOc1c(OC)cc(OC)cc1Pc1ccc(F)cc1N1CCCCC1.COCOc1ccc(OC)cc1Pc1ccc(C)cc1N1CCCCC1. The topological polar surface area (TPSA) is 158 Å². The van der Waals surface area contributed by atoms with Gasteiger partial charge in [0.2, 0.25) is 0 Å². The molecule has 2 fully saturated rings. The van der Waals surface area contributed by atoms with Crippen molar-refractivity contribution in [3.05, 3.63) is 268 Å². The van der Waals surface area contributed by atoms with Gasteiger partial charge in [-0.3, -0.25) is 0 Å². The van der Waals surface area contributed by atoms with Gasteiger partial charge in [-0.25, -0.2) is 4.39 Å². The van der Waals surface area contributed by atoms with Gasteiger partial charge in [-0.15, -0.1) is 0 Å². The standard InChI is InChI=1S/C21H27FNO4P.C21H28NO3P.C21H30NO2P.2C20H28NO2P.C19H26NO2P/c1-24-14-27-21-18(26-3)12-16(25-2)13-20(21)28-19-8-7-15(22)11-17(19)23-9-5-4-6-10-23;1-16-7-10-20(18(13-16)22-11-5-4-6-12-22)26-21-14-17(24-3)8-9-19(21)25-15-23-2;1-7-22(8-2)18-11-9-10-16(4)21(18)25-19-13-15(3)12-17(5)20(19)24-14-23-6;1-6-21(7-2)17-12-8-11-16(4)20(17)24-18-13-9-10-15(3)19(18)23-14-22-5;1-6-21(7-2)17-10-8-9-16(4)20(17)24-19-13-15(3)11-12-18(19)23-14-22-5;1-5-20(6-2)16-11-9-10-15(3)19(16)23-18-13-8-7-12-17(18)22-14-21-4/h7-8,11-13,28H,4-6,9-10,14H2,1-3H3;7-10,13-14,26H,4-6,11-12,15H2,1-3H3;9-13,25H,7-8,14H2,1-6H3;2*8-13,24H,6-7,14H2,1-5H3;7-13,23H,5-6,14H2,1-4H3. The molecule has 12 aromatic rings. The van der Waals surface area contributed by atoms with Crippen molar-refractivity contribution in [2.45, 2.75) is 156 Å². The molecule has 0 aliphatic carbocycles. The van der Waals surface area contributed by atoms with Crippen molar-refractivity contribution in [2.75, 3.05) is 213 Å². The first-order valence-corrected chi connectivity index (χ1v) is 58.3. The van der Waals surface area contributed by atoms with Gasteiger partial charge in [-0.2, -0.15) is 0 Å². The molecule has 0 saturated carbocycles. The van der Waals surface area contributed by atoms with Crippen LogP contribution in [0.25, 0.3) is 0 Å². The van der Waals surface area contributed by atoms with Crippen molar-refractivity contribution in [3.63, 3.8) is 0 Å². The summed E-state index contributed by atoms with van der Waals surface area (Å²) in [5.74, 6) is 7.11. The molecule has 0 spiro atoms. The quantitative estimate of drug-likeness (QED) is 0.0262. The molecule has 2 aliphatic rings. The highest BCUT2D eigenvalue weighted by Crippen LogP contribution is 2.40. The average Bonchev–Trinajstić information content (AvgIpc) is 0.808. The summed E-state index contributed by atoms with van der Waals surface area (Å²) >= 11 is 0. The predicted octanol–water partition coefficient (Wildman–Crippen LogP) is 22.1. The van der Waals surface area contributed by atoms with E-state index in [1.54, 1.807) is 76.1 Å². The number of piperidine rings is 2. The molecule has 0 radical (unpaired) electrons. The lowest BCUT2D eigenvalue weighted by Gasteiger charge is -2.31. The summed E-state index contributed by atoms with van der Waals surface area (Å²) in [6, 6.07) is 73.1. The van der Waals surface area contributed by atoms with Gasteiger partial charge >= 0.3 is 0 Å². The molecule has 28 heteroatoms. The number of methoxy groups -OCH3 is 9. The van der Waals surface area contributed by atoms with E-state index in [9.17, 15) is 4.39 Å². The Balaban J connectivity index is 0.000000200. The molecule has 12 aromatic carbocycles. The largest absolute Gasteiger partial charge is 0.497 e. The van der Waals surface area contributed by atoms with Crippen LogP contribution in [0.1, 0.15) is 144 Å². The summed E-state index contributed by atoms with van der Waals surface area (Å²) in [6.07, 6.45) is 7.38. The van der Waals surface area contributed by atoms with Gasteiger partial charge in [0.1, 0.15) is 46.1 Å². The highest BCUT2D eigenvalue weighted by atomic mass is 31.1. The molecular weight excluding hydrogens is 1990 g/mol. The first kappa shape index (κ1) is 123. The lowest BCUT2D eigenvalue weighted by Crippen LogP contribution is -2.32. The van der Waals surface area contributed by atoms with E-state index in [0.717, 1.165) is 159 Å². The smallest absolute Gasteiger partial charge is 0.188 e. The summed E-state index contributed by atoms with van der Waals surface area (Å²) in [7, 11) is 17.7. The first-order chi connectivity index (χ1) is 72.8. The second-order valence-electron chi connectivity index (χ2n) is 36.4. The lowest BCUT2D eigenvalue weighted by atomic mass is 10.1. The summed E-state index contributed by atoms with van der Waals surface area (Å²) in [5, 5.41) is 15.0. The van der Waals surface area contributed by atoms with E-state index in [1.807, 2.05) is 42.5 Å². The van der Waals surface area contributed by atoms with Gasteiger partial charge in [0.15, 0.2) is 52.3 Å². The second-order valence-corrected chi connectivity index (χ2v) is 44.2.